The van der Waals surface area contributed by atoms with Crippen molar-refractivity contribution in [3.8, 4) is 5.75 Å². The lowest BCUT2D eigenvalue weighted by Gasteiger charge is -2.45. The standard InChI is InChI=1S/C31H47N3O7Si/c1-30(2,3)41-29(38)34-19-23(13-14-31(34,4)5)40-22-9-10-24-21(17-22)18-32(27(24)36)25-11-12-26(35)33(28(25)37)20-39-15-16-42(6,7)8/h9-10,17,23,25H,11-16,18-20H2,1-8H3. The maximum Gasteiger partial charge on any atom is 0.410 e. The van der Waals surface area contributed by atoms with Crippen LogP contribution in [0.2, 0.25) is 25.7 Å². The lowest BCUT2D eigenvalue weighted by Crippen LogP contribution is -2.56. The number of fused-ring (bicyclic) bond motifs is 1. The maximum atomic E-state index is 13.4. The van der Waals surface area contributed by atoms with Gasteiger partial charge in [0, 0.05) is 38.7 Å². The normalized spacial score (nSPS) is 22.9. The molecule has 0 aliphatic carbocycles. The Hall–Kier alpha value is -2.92. The molecule has 4 amide bonds. The first-order valence-electron chi connectivity index (χ1n) is 15.0. The van der Waals surface area contributed by atoms with Crippen LogP contribution in [-0.4, -0.2) is 89.8 Å². The summed E-state index contributed by atoms with van der Waals surface area (Å²) < 4.78 is 17.7. The molecule has 10 nitrogen and oxygen atoms in total. The summed E-state index contributed by atoms with van der Waals surface area (Å²) in [5.74, 6) is -0.261. The zero-order chi connectivity index (χ0) is 31.0. The van der Waals surface area contributed by atoms with E-state index in [1.165, 1.54) is 0 Å². The van der Waals surface area contributed by atoms with Gasteiger partial charge in [0.1, 0.15) is 30.2 Å². The molecule has 2 atom stereocenters. The topological polar surface area (TPSA) is 106 Å². The first kappa shape index (κ1) is 32.0. The van der Waals surface area contributed by atoms with Gasteiger partial charge in [-0.2, -0.15) is 0 Å². The Morgan fingerprint density at radius 1 is 1.10 bits per heavy atom. The molecule has 2 saturated heterocycles. The van der Waals surface area contributed by atoms with Gasteiger partial charge in [-0.05, 0) is 83.7 Å². The zero-order valence-corrected chi connectivity index (χ0v) is 27.5. The molecule has 4 rings (SSSR count). The van der Waals surface area contributed by atoms with Crippen molar-refractivity contribution in [1.29, 1.82) is 0 Å². The molecule has 42 heavy (non-hydrogen) atoms. The minimum Gasteiger partial charge on any atom is -0.489 e. The number of rotatable bonds is 8. The monoisotopic (exact) mass is 601 g/mol. The van der Waals surface area contributed by atoms with Gasteiger partial charge in [0.25, 0.3) is 11.8 Å². The van der Waals surface area contributed by atoms with E-state index in [0.29, 0.717) is 30.9 Å². The molecule has 2 fully saturated rings. The van der Waals surface area contributed by atoms with Crippen LogP contribution in [0.4, 0.5) is 4.79 Å². The average molecular weight is 602 g/mol. The second kappa shape index (κ2) is 12.0. The van der Waals surface area contributed by atoms with Crippen LogP contribution >= 0.6 is 0 Å². The Balaban J connectivity index is 1.40. The van der Waals surface area contributed by atoms with Crippen molar-refractivity contribution in [1.82, 2.24) is 14.7 Å². The second-order valence-corrected chi connectivity index (χ2v) is 20.1. The van der Waals surface area contributed by atoms with E-state index in [4.69, 9.17) is 14.2 Å². The molecule has 0 radical (unpaired) electrons. The molecule has 1 aromatic carbocycles. The SMILES string of the molecule is CC(C)(C)OC(=O)N1CC(Oc2ccc3c(c2)CN(C2CCC(=O)N(COCC[Si](C)(C)C)C2=O)C3=O)CCC1(C)C. The molecule has 0 spiro atoms. The van der Waals surface area contributed by atoms with Crippen molar-refractivity contribution >= 4 is 31.9 Å². The van der Waals surface area contributed by atoms with Gasteiger partial charge in [-0.25, -0.2) is 4.79 Å². The Labute approximate surface area is 250 Å². The van der Waals surface area contributed by atoms with Gasteiger partial charge in [0.15, 0.2) is 0 Å². The third-order valence-corrected chi connectivity index (χ3v) is 9.80. The van der Waals surface area contributed by atoms with Crippen LogP contribution in [0.3, 0.4) is 0 Å². The van der Waals surface area contributed by atoms with Gasteiger partial charge in [-0.1, -0.05) is 19.6 Å². The smallest absolute Gasteiger partial charge is 0.410 e. The number of ether oxygens (including phenoxy) is 3. The number of hydrogen-bond donors (Lipinski definition) is 0. The minimum absolute atomic E-state index is 0.0792. The minimum atomic E-state index is -1.30. The highest BCUT2D eigenvalue weighted by molar-refractivity contribution is 6.76. The van der Waals surface area contributed by atoms with Crippen molar-refractivity contribution in [3.05, 3.63) is 29.3 Å². The number of nitrogens with zero attached hydrogens (tertiary/aromatic N) is 3. The zero-order valence-electron chi connectivity index (χ0n) is 26.5. The fourth-order valence-electron chi connectivity index (χ4n) is 5.54. The third kappa shape index (κ3) is 7.53. The highest BCUT2D eigenvalue weighted by Gasteiger charge is 2.43. The number of hydrogen-bond acceptors (Lipinski definition) is 7. The van der Waals surface area contributed by atoms with Gasteiger partial charge in [0.2, 0.25) is 5.91 Å². The summed E-state index contributed by atoms with van der Waals surface area (Å²) >= 11 is 0. The Morgan fingerprint density at radius 2 is 1.81 bits per heavy atom. The van der Waals surface area contributed by atoms with Crippen molar-refractivity contribution in [2.45, 2.75) is 116 Å². The van der Waals surface area contributed by atoms with Crippen LogP contribution in [-0.2, 0) is 25.6 Å². The average Bonchev–Trinajstić information content (AvgIpc) is 3.18. The van der Waals surface area contributed by atoms with Gasteiger partial charge in [0.05, 0.1) is 6.54 Å². The fourth-order valence-corrected chi connectivity index (χ4v) is 6.30. The van der Waals surface area contributed by atoms with E-state index in [0.717, 1.165) is 29.3 Å². The Morgan fingerprint density at radius 3 is 2.48 bits per heavy atom. The number of carbonyl (C=O) groups excluding carboxylic acids is 4. The quantitative estimate of drug-likeness (QED) is 0.234. The van der Waals surface area contributed by atoms with E-state index in [1.54, 1.807) is 21.9 Å². The number of benzene rings is 1. The molecule has 0 N–H and O–H groups in total. The molecule has 11 heteroatoms. The predicted molar refractivity (Wildman–Crippen MR) is 161 cm³/mol. The van der Waals surface area contributed by atoms with E-state index in [9.17, 15) is 19.2 Å². The van der Waals surface area contributed by atoms with E-state index < -0.39 is 19.7 Å². The third-order valence-electron chi connectivity index (χ3n) is 8.10. The molecule has 3 heterocycles. The summed E-state index contributed by atoms with van der Waals surface area (Å²) in [6.45, 7) is 17.4. The number of carbonyl (C=O) groups is 4. The van der Waals surface area contributed by atoms with Crippen molar-refractivity contribution in [3.63, 3.8) is 0 Å². The van der Waals surface area contributed by atoms with Crippen LogP contribution in [0.15, 0.2) is 18.2 Å². The summed E-state index contributed by atoms with van der Waals surface area (Å²) in [5.41, 5.74) is 0.364. The predicted octanol–water partition coefficient (Wildman–Crippen LogP) is 5.03. The van der Waals surface area contributed by atoms with Crippen molar-refractivity contribution in [2.24, 2.45) is 0 Å². The van der Waals surface area contributed by atoms with Gasteiger partial charge in [-0.3, -0.25) is 24.2 Å². The van der Waals surface area contributed by atoms with Crippen LogP contribution in [0.5, 0.6) is 5.75 Å². The highest BCUT2D eigenvalue weighted by atomic mass is 28.3. The van der Waals surface area contributed by atoms with Crippen molar-refractivity contribution < 1.29 is 33.4 Å². The molecule has 0 saturated carbocycles. The number of piperidine rings is 2. The fraction of sp³-hybridized carbons (Fsp3) is 0.677. The molecule has 1 aromatic rings. The summed E-state index contributed by atoms with van der Waals surface area (Å²) in [6.07, 6.45) is 1.43. The molecular formula is C31H47N3O7Si. The lowest BCUT2D eigenvalue weighted by atomic mass is 9.89. The molecule has 2 unspecified atom stereocenters. The summed E-state index contributed by atoms with van der Waals surface area (Å²) in [6, 6.07) is 5.58. The van der Waals surface area contributed by atoms with E-state index in [1.807, 2.05) is 40.7 Å². The first-order chi connectivity index (χ1) is 19.4. The molecular weight excluding hydrogens is 554 g/mol. The van der Waals surface area contributed by atoms with Gasteiger partial charge >= 0.3 is 6.09 Å². The van der Waals surface area contributed by atoms with Gasteiger partial charge < -0.3 is 19.1 Å². The summed E-state index contributed by atoms with van der Waals surface area (Å²) in [7, 11) is -1.30. The largest absolute Gasteiger partial charge is 0.489 e. The Bertz CT molecular complexity index is 1220. The second-order valence-electron chi connectivity index (χ2n) is 14.5. The molecule has 3 aliphatic rings. The van der Waals surface area contributed by atoms with E-state index >= 15 is 0 Å². The molecule has 0 bridgehead atoms. The van der Waals surface area contributed by atoms with Crippen molar-refractivity contribution in [2.75, 3.05) is 19.9 Å². The first-order valence-corrected chi connectivity index (χ1v) is 18.7. The molecule has 232 valence electrons. The van der Waals surface area contributed by atoms with E-state index in [-0.39, 0.29) is 55.2 Å². The van der Waals surface area contributed by atoms with Crippen LogP contribution in [0.1, 0.15) is 76.2 Å². The maximum absolute atomic E-state index is 13.4. The Kier molecular flexibility index (Phi) is 9.13. The number of imide groups is 1. The number of likely N-dealkylation sites (tertiary alicyclic amines) is 2. The number of amides is 4. The summed E-state index contributed by atoms with van der Waals surface area (Å²) in [5, 5.41) is 0. The van der Waals surface area contributed by atoms with Crippen LogP contribution < -0.4 is 4.74 Å². The van der Waals surface area contributed by atoms with Crippen LogP contribution in [0.25, 0.3) is 0 Å². The lowest BCUT2D eigenvalue weighted by molar-refractivity contribution is -0.158. The molecule has 3 aliphatic heterocycles. The van der Waals surface area contributed by atoms with Crippen LogP contribution in [0, 0.1) is 0 Å². The van der Waals surface area contributed by atoms with Gasteiger partial charge in [-0.15, -0.1) is 0 Å². The van der Waals surface area contributed by atoms with E-state index in [2.05, 4.69) is 19.6 Å². The molecule has 0 aromatic heterocycles. The summed E-state index contributed by atoms with van der Waals surface area (Å²) in [4.78, 5) is 56.6. The highest BCUT2D eigenvalue weighted by Crippen LogP contribution is 2.34.